The van der Waals surface area contributed by atoms with Gasteiger partial charge >= 0.3 is 5.97 Å². The Kier molecular flexibility index (Phi) is 3.13. The van der Waals surface area contributed by atoms with E-state index >= 15 is 0 Å². The number of carbonyl (C=O) groups is 2. The van der Waals surface area contributed by atoms with Crippen LogP contribution in [0, 0.1) is 0 Å². The van der Waals surface area contributed by atoms with Gasteiger partial charge in [0.05, 0.1) is 5.41 Å². The molecule has 112 valence electrons. The number of hydrogen-bond donors (Lipinski definition) is 2. The SMILES string of the molecule is C[C@H](c1ccc(C(=O)O)nc1)[C@@]1(C)C(=O)Nc2ncncc21. The van der Waals surface area contributed by atoms with E-state index in [1.807, 2.05) is 13.8 Å². The second-order valence-electron chi connectivity index (χ2n) is 5.45. The lowest BCUT2D eigenvalue weighted by Crippen LogP contribution is -2.36. The van der Waals surface area contributed by atoms with Crippen molar-refractivity contribution in [3.63, 3.8) is 0 Å². The van der Waals surface area contributed by atoms with Crippen molar-refractivity contribution in [3.05, 3.63) is 47.7 Å². The predicted octanol–water partition coefficient (Wildman–Crippen LogP) is 1.58. The summed E-state index contributed by atoms with van der Waals surface area (Å²) in [5, 5.41) is 11.7. The molecule has 2 atom stereocenters. The molecule has 0 bridgehead atoms. The number of nitrogens with zero attached hydrogens (tertiary/aromatic N) is 3. The highest BCUT2D eigenvalue weighted by Crippen LogP contribution is 2.45. The van der Waals surface area contributed by atoms with Crippen LogP contribution in [-0.2, 0) is 10.2 Å². The van der Waals surface area contributed by atoms with E-state index in [-0.39, 0.29) is 17.5 Å². The molecule has 0 aliphatic carbocycles. The van der Waals surface area contributed by atoms with Crippen LogP contribution in [-0.4, -0.2) is 31.9 Å². The third kappa shape index (κ3) is 1.93. The summed E-state index contributed by atoms with van der Waals surface area (Å²) in [7, 11) is 0. The Morgan fingerprint density at radius 2 is 2.09 bits per heavy atom. The Labute approximate surface area is 126 Å². The van der Waals surface area contributed by atoms with Crippen molar-refractivity contribution >= 4 is 17.7 Å². The molecule has 1 aliphatic rings. The van der Waals surface area contributed by atoms with Gasteiger partial charge in [-0.25, -0.2) is 19.7 Å². The molecule has 0 radical (unpaired) electrons. The maximum absolute atomic E-state index is 12.4. The summed E-state index contributed by atoms with van der Waals surface area (Å²) in [6.45, 7) is 3.73. The maximum atomic E-state index is 12.4. The molecule has 0 aromatic carbocycles. The van der Waals surface area contributed by atoms with Gasteiger partial charge < -0.3 is 10.4 Å². The number of fused-ring (bicyclic) bond motifs is 1. The monoisotopic (exact) mass is 298 g/mol. The van der Waals surface area contributed by atoms with Crippen LogP contribution in [0.15, 0.2) is 30.9 Å². The number of hydrogen-bond acceptors (Lipinski definition) is 5. The van der Waals surface area contributed by atoms with E-state index < -0.39 is 11.4 Å². The minimum Gasteiger partial charge on any atom is -0.477 e. The van der Waals surface area contributed by atoms with Crippen LogP contribution in [0.3, 0.4) is 0 Å². The summed E-state index contributed by atoms with van der Waals surface area (Å²) in [5.41, 5.74) is 0.651. The number of carboxylic acid groups (broad SMARTS) is 1. The van der Waals surface area contributed by atoms with Gasteiger partial charge in [0.2, 0.25) is 5.91 Å². The summed E-state index contributed by atoms with van der Waals surface area (Å²) in [6.07, 6.45) is 4.52. The summed E-state index contributed by atoms with van der Waals surface area (Å²) < 4.78 is 0. The van der Waals surface area contributed by atoms with Gasteiger partial charge in [0.1, 0.15) is 17.8 Å². The van der Waals surface area contributed by atoms with Gasteiger partial charge in [0.15, 0.2) is 0 Å². The molecule has 3 rings (SSSR count). The van der Waals surface area contributed by atoms with Gasteiger partial charge in [-0.1, -0.05) is 13.0 Å². The van der Waals surface area contributed by atoms with Gasteiger partial charge in [-0.3, -0.25) is 4.79 Å². The summed E-state index contributed by atoms with van der Waals surface area (Å²) in [6, 6.07) is 3.12. The number of carboxylic acids is 1. The molecular formula is C15H14N4O3. The fraction of sp³-hybridized carbons (Fsp3) is 0.267. The molecule has 1 aliphatic heterocycles. The van der Waals surface area contributed by atoms with Crippen LogP contribution in [0.5, 0.6) is 0 Å². The summed E-state index contributed by atoms with van der Waals surface area (Å²) in [5.74, 6) is -0.930. The summed E-state index contributed by atoms with van der Waals surface area (Å²) in [4.78, 5) is 35.3. The highest BCUT2D eigenvalue weighted by atomic mass is 16.4. The van der Waals surface area contributed by atoms with E-state index in [4.69, 9.17) is 5.11 Å². The zero-order chi connectivity index (χ0) is 15.9. The Bertz CT molecular complexity index is 760. The number of anilines is 1. The first-order valence-corrected chi connectivity index (χ1v) is 6.75. The first-order chi connectivity index (χ1) is 10.4. The highest BCUT2D eigenvalue weighted by molar-refractivity contribution is 6.05. The number of pyridine rings is 1. The Hall–Kier alpha value is -2.83. The van der Waals surface area contributed by atoms with Crippen molar-refractivity contribution in [2.24, 2.45) is 0 Å². The fourth-order valence-electron chi connectivity index (χ4n) is 2.72. The molecule has 0 saturated heterocycles. The zero-order valence-electron chi connectivity index (χ0n) is 12.1. The van der Waals surface area contributed by atoms with Crippen LogP contribution in [0.25, 0.3) is 0 Å². The number of aromatic nitrogens is 3. The minimum absolute atomic E-state index is 0.0271. The van der Waals surface area contributed by atoms with Crippen LogP contribution in [0.4, 0.5) is 5.82 Å². The first-order valence-electron chi connectivity index (χ1n) is 6.75. The van der Waals surface area contributed by atoms with Crippen molar-refractivity contribution in [1.29, 1.82) is 0 Å². The third-order valence-electron chi connectivity index (χ3n) is 4.35. The van der Waals surface area contributed by atoms with E-state index in [2.05, 4.69) is 20.3 Å². The van der Waals surface area contributed by atoms with Crippen molar-refractivity contribution in [2.45, 2.75) is 25.2 Å². The Balaban J connectivity index is 2.02. The Morgan fingerprint density at radius 1 is 1.32 bits per heavy atom. The van der Waals surface area contributed by atoms with Crippen molar-refractivity contribution in [2.75, 3.05) is 5.32 Å². The van der Waals surface area contributed by atoms with Crippen molar-refractivity contribution < 1.29 is 14.7 Å². The molecule has 0 unspecified atom stereocenters. The van der Waals surface area contributed by atoms with E-state index in [1.165, 1.54) is 18.6 Å². The molecule has 2 aromatic rings. The standard InChI is InChI=1S/C15H14N4O3/c1-8(9-3-4-11(13(20)21)17-5-9)15(2)10-6-16-7-18-12(10)19-14(15)22/h3-8H,1-2H3,(H,20,21)(H,16,18,19,22)/t8-,15-/m1/s1. The van der Waals surface area contributed by atoms with Crippen molar-refractivity contribution in [3.8, 4) is 0 Å². The van der Waals surface area contributed by atoms with Gasteiger partial charge in [-0.05, 0) is 18.6 Å². The molecule has 22 heavy (non-hydrogen) atoms. The molecule has 2 aromatic heterocycles. The second-order valence-corrected chi connectivity index (χ2v) is 5.45. The average Bonchev–Trinajstić information content (AvgIpc) is 2.79. The molecule has 7 nitrogen and oxygen atoms in total. The van der Waals surface area contributed by atoms with Crippen molar-refractivity contribution in [1.82, 2.24) is 15.0 Å². The molecule has 0 spiro atoms. The van der Waals surface area contributed by atoms with Crippen LogP contribution in [0.2, 0.25) is 0 Å². The van der Waals surface area contributed by atoms with Gasteiger partial charge in [0.25, 0.3) is 0 Å². The van der Waals surface area contributed by atoms with Crippen LogP contribution in [0.1, 0.15) is 41.4 Å². The molecule has 7 heteroatoms. The molecule has 0 saturated carbocycles. The number of nitrogens with one attached hydrogen (secondary N) is 1. The maximum Gasteiger partial charge on any atom is 0.354 e. The normalized spacial score (nSPS) is 21.1. The molecule has 1 amide bonds. The van der Waals surface area contributed by atoms with Gasteiger partial charge in [-0.15, -0.1) is 0 Å². The number of amides is 1. The predicted molar refractivity (Wildman–Crippen MR) is 77.6 cm³/mol. The lowest BCUT2D eigenvalue weighted by Gasteiger charge is -2.29. The average molecular weight is 298 g/mol. The molecular weight excluding hydrogens is 284 g/mol. The quantitative estimate of drug-likeness (QED) is 0.891. The second kappa shape index (κ2) is 4.87. The van der Waals surface area contributed by atoms with E-state index in [9.17, 15) is 9.59 Å². The molecule has 3 heterocycles. The number of rotatable bonds is 3. The number of carbonyl (C=O) groups excluding carboxylic acids is 1. The third-order valence-corrected chi connectivity index (χ3v) is 4.35. The Morgan fingerprint density at radius 3 is 2.73 bits per heavy atom. The van der Waals surface area contributed by atoms with E-state index in [1.54, 1.807) is 12.3 Å². The molecule has 2 N–H and O–H groups in total. The first kappa shape index (κ1) is 14.1. The van der Waals surface area contributed by atoms with Crippen LogP contribution < -0.4 is 5.32 Å². The molecule has 0 fully saturated rings. The fourth-order valence-corrected chi connectivity index (χ4v) is 2.72. The van der Waals surface area contributed by atoms with Crippen LogP contribution >= 0.6 is 0 Å². The van der Waals surface area contributed by atoms with Gasteiger partial charge in [0, 0.05) is 23.9 Å². The summed E-state index contributed by atoms with van der Waals surface area (Å²) >= 11 is 0. The zero-order valence-corrected chi connectivity index (χ0v) is 12.1. The largest absolute Gasteiger partial charge is 0.477 e. The topological polar surface area (TPSA) is 105 Å². The lowest BCUT2D eigenvalue weighted by atomic mass is 9.71. The smallest absolute Gasteiger partial charge is 0.354 e. The number of aromatic carboxylic acids is 1. The minimum atomic E-state index is -1.08. The van der Waals surface area contributed by atoms with Gasteiger partial charge in [-0.2, -0.15) is 0 Å². The lowest BCUT2D eigenvalue weighted by molar-refractivity contribution is -0.120. The van der Waals surface area contributed by atoms with E-state index in [0.717, 1.165) is 11.1 Å². The van der Waals surface area contributed by atoms with E-state index in [0.29, 0.717) is 5.82 Å². The highest BCUT2D eigenvalue weighted by Gasteiger charge is 2.48.